The minimum atomic E-state index is 0.264. The van der Waals surface area contributed by atoms with Gasteiger partial charge in [-0.2, -0.15) is 21.7 Å². The van der Waals surface area contributed by atoms with E-state index in [1.54, 1.807) is 7.11 Å². The van der Waals surface area contributed by atoms with Gasteiger partial charge >= 0.3 is 0 Å². The van der Waals surface area contributed by atoms with Crippen LogP contribution < -0.4 is 15.4 Å². The molecule has 0 spiro atoms. The molecule has 2 rings (SSSR count). The summed E-state index contributed by atoms with van der Waals surface area (Å²) >= 11 is 1.97. The van der Waals surface area contributed by atoms with Crippen molar-refractivity contribution in [1.29, 1.82) is 0 Å². The van der Waals surface area contributed by atoms with Crippen molar-refractivity contribution >= 4 is 23.5 Å². The molecule has 2 heterocycles. The number of hydrogen-bond donors (Lipinski definition) is 1. The average molecular weight is 240 g/mol. The molecule has 1 atom stereocenters. The zero-order valence-corrected chi connectivity index (χ0v) is 10.3. The number of anilines is 2. The Morgan fingerprint density at radius 1 is 1.56 bits per heavy atom. The molecule has 1 aromatic rings. The van der Waals surface area contributed by atoms with E-state index in [0.29, 0.717) is 11.9 Å². The van der Waals surface area contributed by atoms with E-state index < -0.39 is 0 Å². The van der Waals surface area contributed by atoms with Crippen LogP contribution >= 0.6 is 11.8 Å². The number of nitrogens with two attached hydrogens (primary N) is 1. The van der Waals surface area contributed by atoms with Crippen molar-refractivity contribution in [3.63, 3.8) is 0 Å². The summed E-state index contributed by atoms with van der Waals surface area (Å²) in [5.74, 6) is 3.88. The second-order valence-corrected chi connectivity index (χ2v) is 4.89. The van der Waals surface area contributed by atoms with Gasteiger partial charge in [0.2, 0.25) is 11.8 Å². The Labute approximate surface area is 99.4 Å². The van der Waals surface area contributed by atoms with Gasteiger partial charge in [0.05, 0.1) is 7.11 Å². The van der Waals surface area contributed by atoms with Crippen LogP contribution in [-0.4, -0.2) is 41.2 Å². The number of thioether (sulfide) groups is 1. The smallest absolute Gasteiger partial charge is 0.225 e. The molecule has 1 saturated heterocycles. The third kappa shape index (κ3) is 2.32. The van der Waals surface area contributed by atoms with Crippen LogP contribution in [0.3, 0.4) is 0 Å². The summed E-state index contributed by atoms with van der Waals surface area (Å²) in [5, 5.41) is 0. The third-order valence-electron chi connectivity index (χ3n) is 2.58. The summed E-state index contributed by atoms with van der Waals surface area (Å²) in [6, 6.07) is 2.31. The summed E-state index contributed by atoms with van der Waals surface area (Å²) in [6.45, 7) is 3.18. The Hall–Kier alpha value is -1.17. The van der Waals surface area contributed by atoms with Crippen LogP contribution in [0.15, 0.2) is 6.07 Å². The van der Waals surface area contributed by atoms with Crippen LogP contribution in [0.2, 0.25) is 0 Å². The van der Waals surface area contributed by atoms with Gasteiger partial charge in [-0.1, -0.05) is 0 Å². The van der Waals surface area contributed by atoms with Crippen LogP contribution in [0, 0.1) is 0 Å². The lowest BCUT2D eigenvalue weighted by Crippen LogP contribution is -2.41. The summed E-state index contributed by atoms with van der Waals surface area (Å²) in [7, 11) is 1.58. The molecule has 1 aliphatic rings. The number of hydrogen-bond acceptors (Lipinski definition) is 6. The molecule has 1 unspecified atom stereocenters. The van der Waals surface area contributed by atoms with Crippen molar-refractivity contribution in [3.05, 3.63) is 6.07 Å². The van der Waals surface area contributed by atoms with E-state index in [0.717, 1.165) is 23.9 Å². The molecule has 0 amide bonds. The SMILES string of the molecule is COc1cc(N2CCSCC2C)nc(N)n1. The minimum Gasteiger partial charge on any atom is -0.481 e. The van der Waals surface area contributed by atoms with E-state index in [2.05, 4.69) is 21.8 Å². The maximum absolute atomic E-state index is 5.65. The fourth-order valence-corrected chi connectivity index (χ4v) is 2.76. The van der Waals surface area contributed by atoms with Crippen LogP contribution in [0.4, 0.5) is 11.8 Å². The first-order chi connectivity index (χ1) is 7.70. The van der Waals surface area contributed by atoms with E-state index in [9.17, 15) is 0 Å². The second-order valence-electron chi connectivity index (χ2n) is 3.74. The minimum absolute atomic E-state index is 0.264. The number of aromatic nitrogens is 2. The predicted molar refractivity (Wildman–Crippen MR) is 67.1 cm³/mol. The number of ether oxygens (including phenoxy) is 1. The molecule has 1 aromatic heterocycles. The molecule has 0 saturated carbocycles. The number of methoxy groups -OCH3 is 1. The first-order valence-corrected chi connectivity index (χ1v) is 6.39. The van der Waals surface area contributed by atoms with E-state index >= 15 is 0 Å². The highest BCUT2D eigenvalue weighted by Gasteiger charge is 2.21. The normalized spacial score (nSPS) is 20.9. The summed E-state index contributed by atoms with van der Waals surface area (Å²) in [6.07, 6.45) is 0. The Bertz CT molecular complexity index is 374. The maximum atomic E-state index is 5.65. The molecule has 1 fully saturated rings. The molecular weight excluding hydrogens is 224 g/mol. The molecule has 0 aromatic carbocycles. The second kappa shape index (κ2) is 4.78. The Morgan fingerprint density at radius 3 is 3.06 bits per heavy atom. The largest absolute Gasteiger partial charge is 0.481 e. The van der Waals surface area contributed by atoms with Gasteiger partial charge in [0.25, 0.3) is 0 Å². The predicted octanol–water partition coefficient (Wildman–Crippen LogP) is 1.01. The van der Waals surface area contributed by atoms with Crippen molar-refractivity contribution < 1.29 is 4.74 Å². The summed E-state index contributed by atoms with van der Waals surface area (Å²) in [5.41, 5.74) is 5.65. The van der Waals surface area contributed by atoms with Gasteiger partial charge < -0.3 is 15.4 Å². The van der Waals surface area contributed by atoms with Crippen molar-refractivity contribution in [2.75, 3.05) is 35.8 Å². The maximum Gasteiger partial charge on any atom is 0.225 e. The zero-order valence-electron chi connectivity index (χ0n) is 9.51. The molecule has 0 radical (unpaired) electrons. The first-order valence-electron chi connectivity index (χ1n) is 5.23. The number of nitrogens with zero attached hydrogens (tertiary/aromatic N) is 3. The topological polar surface area (TPSA) is 64.3 Å². The fraction of sp³-hybridized carbons (Fsp3) is 0.600. The van der Waals surface area contributed by atoms with Crippen molar-refractivity contribution in [2.45, 2.75) is 13.0 Å². The van der Waals surface area contributed by atoms with Gasteiger partial charge in [-0.15, -0.1) is 0 Å². The molecule has 88 valence electrons. The Balaban J connectivity index is 2.27. The summed E-state index contributed by atoms with van der Waals surface area (Å²) in [4.78, 5) is 10.5. The van der Waals surface area contributed by atoms with Gasteiger partial charge in [-0.3, -0.25) is 0 Å². The first kappa shape index (κ1) is 11.3. The van der Waals surface area contributed by atoms with Gasteiger partial charge in [0.15, 0.2) is 0 Å². The van der Waals surface area contributed by atoms with E-state index in [-0.39, 0.29) is 5.95 Å². The molecular formula is C10H16N4OS. The third-order valence-corrected chi connectivity index (χ3v) is 3.77. The highest BCUT2D eigenvalue weighted by atomic mass is 32.2. The highest BCUT2D eigenvalue weighted by Crippen LogP contribution is 2.24. The standard InChI is InChI=1S/C10H16N4OS/c1-7-6-16-4-3-14(7)8-5-9(15-2)13-10(11)12-8/h5,7H,3-4,6H2,1-2H3,(H2,11,12,13). The van der Waals surface area contributed by atoms with Gasteiger partial charge in [-0.25, -0.2) is 0 Å². The van der Waals surface area contributed by atoms with Crippen molar-refractivity contribution in [2.24, 2.45) is 0 Å². The molecule has 0 bridgehead atoms. The van der Waals surface area contributed by atoms with Crippen molar-refractivity contribution in [1.82, 2.24) is 9.97 Å². The zero-order chi connectivity index (χ0) is 11.5. The molecule has 5 nitrogen and oxygen atoms in total. The quantitative estimate of drug-likeness (QED) is 0.832. The lowest BCUT2D eigenvalue weighted by Gasteiger charge is -2.34. The molecule has 16 heavy (non-hydrogen) atoms. The van der Waals surface area contributed by atoms with E-state index in [1.165, 1.54) is 0 Å². The van der Waals surface area contributed by atoms with Gasteiger partial charge in [-0.05, 0) is 6.92 Å². The fourth-order valence-electron chi connectivity index (χ4n) is 1.75. The molecule has 2 N–H and O–H groups in total. The molecule has 6 heteroatoms. The molecule has 1 aliphatic heterocycles. The van der Waals surface area contributed by atoms with Crippen LogP contribution in [0.25, 0.3) is 0 Å². The lowest BCUT2D eigenvalue weighted by atomic mass is 10.3. The van der Waals surface area contributed by atoms with Gasteiger partial charge in [0.1, 0.15) is 5.82 Å². The average Bonchev–Trinajstić information content (AvgIpc) is 2.28. The van der Waals surface area contributed by atoms with Crippen molar-refractivity contribution in [3.8, 4) is 5.88 Å². The van der Waals surface area contributed by atoms with E-state index in [4.69, 9.17) is 10.5 Å². The van der Waals surface area contributed by atoms with Crippen LogP contribution in [0.1, 0.15) is 6.92 Å². The molecule has 0 aliphatic carbocycles. The Morgan fingerprint density at radius 2 is 2.38 bits per heavy atom. The lowest BCUT2D eigenvalue weighted by molar-refractivity contribution is 0.397. The number of nitrogen functional groups attached to an aromatic ring is 1. The van der Waals surface area contributed by atoms with E-state index in [1.807, 2.05) is 17.8 Å². The Kier molecular flexibility index (Phi) is 3.38. The number of rotatable bonds is 2. The van der Waals surface area contributed by atoms with Gasteiger partial charge in [0, 0.05) is 30.2 Å². The summed E-state index contributed by atoms with van der Waals surface area (Å²) < 4.78 is 5.10. The van der Waals surface area contributed by atoms with Crippen LogP contribution in [-0.2, 0) is 0 Å². The van der Waals surface area contributed by atoms with Crippen LogP contribution in [0.5, 0.6) is 5.88 Å². The highest BCUT2D eigenvalue weighted by molar-refractivity contribution is 7.99. The monoisotopic (exact) mass is 240 g/mol.